The Morgan fingerprint density at radius 3 is 1.29 bits per heavy atom. The standard InChI is InChI=1S/C24H24N2O2/c1-17(21(15-27)19-9-5-3-6-10-19)23-13-26-24(14-25-23)18(2)22(16-28)20-11-7-4-8-12-20/h3-18,21-22H,1-2H3. The summed E-state index contributed by atoms with van der Waals surface area (Å²) in [5, 5.41) is 0. The molecule has 0 aliphatic carbocycles. The van der Waals surface area contributed by atoms with Gasteiger partial charge in [0, 0.05) is 36.1 Å². The van der Waals surface area contributed by atoms with Gasteiger partial charge in [0.05, 0.1) is 11.4 Å². The van der Waals surface area contributed by atoms with Crippen LogP contribution in [0, 0.1) is 0 Å². The molecule has 4 heteroatoms. The number of benzene rings is 2. The molecular formula is C24H24N2O2. The van der Waals surface area contributed by atoms with Crippen LogP contribution < -0.4 is 0 Å². The lowest BCUT2D eigenvalue weighted by Crippen LogP contribution is -2.14. The second-order valence-electron chi connectivity index (χ2n) is 7.09. The highest BCUT2D eigenvalue weighted by atomic mass is 16.1. The van der Waals surface area contributed by atoms with Gasteiger partial charge in [0.25, 0.3) is 0 Å². The lowest BCUT2D eigenvalue weighted by Gasteiger charge is -2.21. The van der Waals surface area contributed by atoms with Gasteiger partial charge in [-0.25, -0.2) is 0 Å². The summed E-state index contributed by atoms with van der Waals surface area (Å²) in [6.07, 6.45) is 5.39. The van der Waals surface area contributed by atoms with Gasteiger partial charge in [-0.2, -0.15) is 0 Å². The van der Waals surface area contributed by atoms with Crippen molar-refractivity contribution in [3.05, 3.63) is 95.6 Å². The zero-order chi connectivity index (χ0) is 19.9. The molecule has 0 fully saturated rings. The maximum atomic E-state index is 11.7. The molecule has 0 aliphatic heterocycles. The van der Waals surface area contributed by atoms with E-state index < -0.39 is 0 Å². The van der Waals surface area contributed by atoms with Crippen molar-refractivity contribution in [2.24, 2.45) is 0 Å². The highest BCUT2D eigenvalue weighted by Crippen LogP contribution is 2.32. The molecule has 1 aromatic heterocycles. The molecule has 0 N–H and O–H groups in total. The van der Waals surface area contributed by atoms with Gasteiger partial charge in [-0.1, -0.05) is 74.5 Å². The minimum atomic E-state index is -0.272. The molecule has 3 rings (SSSR count). The van der Waals surface area contributed by atoms with Crippen LogP contribution >= 0.6 is 0 Å². The Bertz CT molecular complexity index is 818. The van der Waals surface area contributed by atoms with Gasteiger partial charge in [0.2, 0.25) is 0 Å². The van der Waals surface area contributed by atoms with Crippen molar-refractivity contribution >= 4 is 12.6 Å². The number of hydrogen-bond donors (Lipinski definition) is 0. The number of rotatable bonds is 8. The summed E-state index contributed by atoms with van der Waals surface area (Å²) in [4.78, 5) is 32.5. The Morgan fingerprint density at radius 2 is 1.00 bits per heavy atom. The van der Waals surface area contributed by atoms with Crippen molar-refractivity contribution in [1.29, 1.82) is 0 Å². The lowest BCUT2D eigenvalue weighted by molar-refractivity contribution is -0.110. The smallest absolute Gasteiger partial charge is 0.128 e. The Morgan fingerprint density at radius 1 is 0.643 bits per heavy atom. The van der Waals surface area contributed by atoms with Crippen molar-refractivity contribution in [2.45, 2.75) is 37.5 Å². The predicted molar refractivity (Wildman–Crippen MR) is 109 cm³/mol. The minimum Gasteiger partial charge on any atom is -0.303 e. The maximum Gasteiger partial charge on any atom is 0.128 e. The van der Waals surface area contributed by atoms with Gasteiger partial charge in [-0.05, 0) is 11.1 Å². The van der Waals surface area contributed by atoms with Crippen molar-refractivity contribution in [2.75, 3.05) is 0 Å². The van der Waals surface area contributed by atoms with Gasteiger partial charge >= 0.3 is 0 Å². The van der Waals surface area contributed by atoms with Gasteiger partial charge in [-0.15, -0.1) is 0 Å². The lowest BCUT2D eigenvalue weighted by atomic mass is 9.85. The van der Waals surface area contributed by atoms with E-state index in [9.17, 15) is 9.59 Å². The molecule has 0 saturated heterocycles. The van der Waals surface area contributed by atoms with E-state index in [0.717, 1.165) is 35.1 Å². The SMILES string of the molecule is CC(c1cnc(C(C)C(C=O)c2ccccc2)cn1)C(C=O)c1ccccc1. The highest BCUT2D eigenvalue weighted by Gasteiger charge is 2.24. The summed E-state index contributed by atoms with van der Waals surface area (Å²) in [7, 11) is 0. The van der Waals surface area contributed by atoms with E-state index in [4.69, 9.17) is 0 Å². The summed E-state index contributed by atoms with van der Waals surface area (Å²) in [5.74, 6) is -0.725. The first-order valence-electron chi connectivity index (χ1n) is 9.48. The molecule has 0 radical (unpaired) electrons. The molecule has 142 valence electrons. The fourth-order valence-electron chi connectivity index (χ4n) is 3.51. The Labute approximate surface area is 165 Å². The molecule has 2 aromatic carbocycles. The molecule has 1 heterocycles. The Hall–Kier alpha value is -3.14. The van der Waals surface area contributed by atoms with E-state index in [1.54, 1.807) is 12.4 Å². The van der Waals surface area contributed by atoms with Gasteiger partial charge in [-0.3, -0.25) is 9.97 Å². The number of hydrogen-bond acceptors (Lipinski definition) is 4. The fourth-order valence-corrected chi connectivity index (χ4v) is 3.51. The van der Waals surface area contributed by atoms with Gasteiger partial charge in [0.1, 0.15) is 12.6 Å². The number of nitrogens with zero attached hydrogens (tertiary/aromatic N) is 2. The molecule has 4 atom stereocenters. The van der Waals surface area contributed by atoms with E-state index in [1.807, 2.05) is 74.5 Å². The molecular weight excluding hydrogens is 348 g/mol. The molecule has 4 nitrogen and oxygen atoms in total. The molecule has 4 unspecified atom stereocenters. The van der Waals surface area contributed by atoms with Crippen molar-refractivity contribution in [3.63, 3.8) is 0 Å². The first kappa shape index (κ1) is 19.6. The zero-order valence-electron chi connectivity index (χ0n) is 16.1. The van der Waals surface area contributed by atoms with Crippen LogP contribution in [0.4, 0.5) is 0 Å². The van der Waals surface area contributed by atoms with Crippen molar-refractivity contribution in [1.82, 2.24) is 9.97 Å². The van der Waals surface area contributed by atoms with Crippen LogP contribution in [-0.2, 0) is 9.59 Å². The first-order valence-corrected chi connectivity index (χ1v) is 9.48. The molecule has 3 aromatic rings. The second kappa shape index (κ2) is 9.18. The summed E-state index contributed by atoms with van der Waals surface area (Å²) in [5.41, 5.74) is 3.46. The summed E-state index contributed by atoms with van der Waals surface area (Å²) in [6, 6.07) is 19.4. The van der Waals surface area contributed by atoms with E-state index in [1.165, 1.54) is 0 Å². The Kier molecular flexibility index (Phi) is 6.43. The van der Waals surface area contributed by atoms with Crippen LogP contribution in [0.3, 0.4) is 0 Å². The van der Waals surface area contributed by atoms with Crippen molar-refractivity contribution < 1.29 is 9.59 Å². The monoisotopic (exact) mass is 372 g/mol. The third-order valence-corrected chi connectivity index (χ3v) is 5.36. The van der Waals surface area contributed by atoms with Crippen LogP contribution in [0.25, 0.3) is 0 Å². The van der Waals surface area contributed by atoms with Crippen LogP contribution in [0.5, 0.6) is 0 Å². The van der Waals surface area contributed by atoms with Crippen LogP contribution in [0.2, 0.25) is 0 Å². The third-order valence-electron chi connectivity index (χ3n) is 5.36. The molecule has 28 heavy (non-hydrogen) atoms. The topological polar surface area (TPSA) is 59.9 Å². The fraction of sp³-hybridized carbons (Fsp3) is 0.250. The minimum absolute atomic E-state index is 0.0900. The van der Waals surface area contributed by atoms with Crippen molar-refractivity contribution in [3.8, 4) is 0 Å². The zero-order valence-corrected chi connectivity index (χ0v) is 16.1. The highest BCUT2D eigenvalue weighted by molar-refractivity contribution is 5.64. The molecule has 0 spiro atoms. The van der Waals surface area contributed by atoms with Crippen LogP contribution in [0.15, 0.2) is 73.1 Å². The molecule has 0 saturated carbocycles. The van der Waals surface area contributed by atoms with Gasteiger partial charge < -0.3 is 9.59 Å². The quantitative estimate of drug-likeness (QED) is 0.540. The Balaban J connectivity index is 1.80. The third kappa shape index (κ3) is 4.22. The van der Waals surface area contributed by atoms with E-state index in [2.05, 4.69) is 9.97 Å². The van der Waals surface area contributed by atoms with Crippen LogP contribution in [0.1, 0.15) is 60.0 Å². The predicted octanol–water partition coefficient (Wildman–Crippen LogP) is 4.65. The molecule has 0 amide bonds. The summed E-state index contributed by atoms with van der Waals surface area (Å²) >= 11 is 0. The van der Waals surface area contributed by atoms with E-state index in [0.29, 0.717) is 0 Å². The normalized spacial score (nSPS) is 15.2. The van der Waals surface area contributed by atoms with Crippen LogP contribution in [-0.4, -0.2) is 22.5 Å². The summed E-state index contributed by atoms with van der Waals surface area (Å²) < 4.78 is 0. The average Bonchev–Trinajstić information content (AvgIpc) is 2.76. The van der Waals surface area contributed by atoms with E-state index >= 15 is 0 Å². The molecule has 0 aliphatic rings. The maximum absolute atomic E-state index is 11.7. The summed E-state index contributed by atoms with van der Waals surface area (Å²) in [6.45, 7) is 3.97. The van der Waals surface area contributed by atoms with Gasteiger partial charge in [0.15, 0.2) is 0 Å². The number of carbonyl (C=O) groups excluding carboxylic acids is 2. The first-order chi connectivity index (χ1) is 13.7. The average molecular weight is 372 g/mol. The second-order valence-corrected chi connectivity index (χ2v) is 7.09. The largest absolute Gasteiger partial charge is 0.303 e. The number of aromatic nitrogens is 2. The number of carbonyl (C=O) groups is 2. The number of aldehydes is 2. The molecule has 0 bridgehead atoms. The van der Waals surface area contributed by atoms with E-state index in [-0.39, 0.29) is 23.7 Å².